The average Bonchev–Trinajstić information content (AvgIpc) is 0. The van der Waals surface area contributed by atoms with Crippen molar-refractivity contribution < 1.29 is 147 Å². The fraction of sp³-hybridized carbons (Fsp3) is 0. The van der Waals surface area contributed by atoms with Gasteiger partial charge in [0.1, 0.15) is 0 Å². The van der Waals surface area contributed by atoms with Crippen molar-refractivity contribution in [2.24, 2.45) is 0 Å². The van der Waals surface area contributed by atoms with Crippen LogP contribution in [0, 0.1) is 115 Å². The molecule has 0 fully saturated rings. The Morgan fingerprint density at radius 3 is 1.00 bits per heavy atom. The van der Waals surface area contributed by atoms with Crippen LogP contribution in [0.4, 0.5) is 0 Å². The third-order valence-corrected chi connectivity index (χ3v) is 0. The van der Waals surface area contributed by atoms with Crippen LogP contribution in [-0.2, 0) is 32.7 Å². The molecule has 0 nitrogen and oxygen atoms in total. The molecule has 0 amide bonds. The first-order valence-electron chi connectivity index (χ1n) is 0. The molecule has 0 saturated heterocycles. The summed E-state index contributed by atoms with van der Waals surface area (Å²) < 4.78 is 0. The summed E-state index contributed by atoms with van der Waals surface area (Å²) >= 11 is 0. The van der Waals surface area contributed by atoms with Crippen LogP contribution in [-0.4, -0.2) is 0 Å². The van der Waals surface area contributed by atoms with Gasteiger partial charge in [-0.1, -0.05) is 0 Å². The summed E-state index contributed by atoms with van der Waals surface area (Å²) in [5.41, 5.74) is 0. The quantitative estimate of drug-likeness (QED) is 0.357. The van der Waals surface area contributed by atoms with Crippen molar-refractivity contribution in [3.8, 4) is 0 Å². The van der Waals surface area contributed by atoms with Gasteiger partial charge in [0.05, 0.1) is 0 Å². The standard InChI is InChI=1S/Dy.Ho.Tb.Y. The molecule has 0 aliphatic heterocycles. The van der Waals surface area contributed by atoms with Crippen molar-refractivity contribution in [1.82, 2.24) is 0 Å². The number of rotatable bonds is 0. The predicted octanol–water partition coefficient (Wildman–Crippen LogP) is -0.00250. The Labute approximate surface area is 142 Å². The van der Waals surface area contributed by atoms with E-state index in [0.717, 1.165) is 0 Å². The topological polar surface area (TPSA) is 0 Å². The molecule has 0 spiro atoms. The van der Waals surface area contributed by atoms with E-state index < -0.39 is 0 Å². The molecule has 0 N–H and O–H groups in total. The normalized spacial score (nSPS) is 0. The molecule has 0 aromatic heterocycles. The Morgan fingerprint density at radius 2 is 1.00 bits per heavy atom. The van der Waals surface area contributed by atoms with Gasteiger partial charge in [-0.15, -0.1) is 0 Å². The molecule has 0 bridgehead atoms. The van der Waals surface area contributed by atoms with Crippen LogP contribution < -0.4 is 0 Å². The zero-order valence-electron chi connectivity index (χ0n) is 1.53. The summed E-state index contributed by atoms with van der Waals surface area (Å²) in [5.74, 6) is 0. The van der Waals surface area contributed by atoms with Crippen LogP contribution in [0.25, 0.3) is 0 Å². The minimum atomic E-state index is 0. The van der Waals surface area contributed by atoms with E-state index in [4.69, 9.17) is 0 Å². The molecule has 0 aliphatic carbocycles. The Hall–Kier alpha value is 4.92. The first-order chi connectivity index (χ1) is 0. The van der Waals surface area contributed by atoms with Crippen molar-refractivity contribution in [2.75, 3.05) is 0 Å². The second kappa shape index (κ2) is 15.7. The molecule has 0 aromatic rings. The molecule has 0 aromatic carbocycles. The fourth-order valence-electron chi connectivity index (χ4n) is 0. The second-order valence-electron chi connectivity index (χ2n) is 0. The third kappa shape index (κ3) is 10.0. The largest absolute Gasteiger partial charge is 0 e. The molecule has 0 atom stereocenters. The SMILES string of the molecule is [Dy].[Ho].[Tb].[Y]. The van der Waals surface area contributed by atoms with Gasteiger partial charge < -0.3 is 0 Å². The van der Waals surface area contributed by atoms with Gasteiger partial charge in [-0.05, 0) is 0 Å². The summed E-state index contributed by atoms with van der Waals surface area (Å²) in [4.78, 5) is 0. The molecular weight excluding hydrogens is 575 g/mol. The van der Waals surface area contributed by atoms with Gasteiger partial charge >= 0.3 is 0 Å². The summed E-state index contributed by atoms with van der Waals surface area (Å²) in [7, 11) is 0. The van der Waals surface area contributed by atoms with Crippen LogP contribution in [0.1, 0.15) is 0 Å². The monoisotopic (exact) mass is 577 g/mol. The smallest absolute Gasteiger partial charge is 0 e. The van der Waals surface area contributed by atoms with Gasteiger partial charge in [0, 0.05) is 147 Å². The maximum Gasteiger partial charge on any atom is 0 e. The summed E-state index contributed by atoms with van der Waals surface area (Å²) in [6, 6.07) is 0. The maximum absolute atomic E-state index is 0. The number of hydrogen-bond donors (Lipinski definition) is 0. The van der Waals surface area contributed by atoms with Gasteiger partial charge in [0.25, 0.3) is 0 Å². The zero-order valence-corrected chi connectivity index (χ0v) is 10.5. The first-order valence-corrected chi connectivity index (χ1v) is 0. The van der Waals surface area contributed by atoms with Crippen LogP contribution in [0.3, 0.4) is 0 Å². The van der Waals surface area contributed by atoms with E-state index in [0.29, 0.717) is 0 Å². The molecule has 0 saturated carbocycles. The third-order valence-electron chi connectivity index (χ3n) is 0. The van der Waals surface area contributed by atoms with Gasteiger partial charge in [0.2, 0.25) is 0 Å². The molecule has 0 unspecified atom stereocenters. The van der Waals surface area contributed by atoms with Gasteiger partial charge in [-0.2, -0.15) is 0 Å². The van der Waals surface area contributed by atoms with Crippen molar-refractivity contribution >= 4 is 0 Å². The minimum absolute atomic E-state index is 0. The zero-order chi connectivity index (χ0) is 0. The van der Waals surface area contributed by atoms with Crippen LogP contribution >= 0.6 is 0 Å². The van der Waals surface area contributed by atoms with E-state index in [1.807, 2.05) is 0 Å². The summed E-state index contributed by atoms with van der Waals surface area (Å²) in [6.07, 6.45) is 0. The molecule has 0 aliphatic rings. The van der Waals surface area contributed by atoms with E-state index in [1.165, 1.54) is 0 Å². The van der Waals surface area contributed by atoms with Crippen molar-refractivity contribution in [2.45, 2.75) is 0 Å². The second-order valence-corrected chi connectivity index (χ2v) is 0. The molecule has 4 heteroatoms. The van der Waals surface area contributed by atoms with Crippen molar-refractivity contribution in [3.05, 3.63) is 0 Å². The van der Waals surface area contributed by atoms with E-state index in [1.54, 1.807) is 0 Å². The minimum Gasteiger partial charge on any atom is 0 e. The first kappa shape index (κ1) is 23.1. The molecule has 0 heterocycles. The Bertz CT molecular complexity index is 8.00. The van der Waals surface area contributed by atoms with E-state index >= 15 is 0 Å². The molecular formula is DyHoTbY. The van der Waals surface area contributed by atoms with Gasteiger partial charge in [-0.3, -0.25) is 0 Å². The number of hydrogen-bond acceptors (Lipinski definition) is 0. The molecule has 4 heavy (non-hydrogen) atoms. The van der Waals surface area contributed by atoms with Crippen LogP contribution in [0.15, 0.2) is 0 Å². The van der Waals surface area contributed by atoms with E-state index in [-0.39, 0.29) is 147 Å². The average molecular weight is 575 g/mol. The van der Waals surface area contributed by atoms with Gasteiger partial charge in [0.15, 0.2) is 0 Å². The van der Waals surface area contributed by atoms with Crippen LogP contribution in [0.5, 0.6) is 0 Å². The Balaban J connectivity index is 0. The summed E-state index contributed by atoms with van der Waals surface area (Å²) in [6.45, 7) is 0. The molecule has 0 rings (SSSR count). The van der Waals surface area contributed by atoms with Crippen molar-refractivity contribution in [1.29, 1.82) is 0 Å². The van der Waals surface area contributed by atoms with E-state index in [2.05, 4.69) is 0 Å². The molecule has 33 valence electrons. The van der Waals surface area contributed by atoms with Crippen LogP contribution in [0.2, 0.25) is 0 Å². The predicted molar refractivity (Wildman–Crippen MR) is 0 cm³/mol. The Morgan fingerprint density at radius 1 is 1.00 bits per heavy atom. The Kier molecular flexibility index (Phi) is 90.5. The molecule has 3 radical (unpaired) electrons. The fourth-order valence-corrected chi connectivity index (χ4v) is 0. The maximum atomic E-state index is 0. The van der Waals surface area contributed by atoms with E-state index in [9.17, 15) is 0 Å². The van der Waals surface area contributed by atoms with Gasteiger partial charge in [-0.25, -0.2) is 0 Å². The van der Waals surface area contributed by atoms with Crippen molar-refractivity contribution in [3.63, 3.8) is 0 Å². The summed E-state index contributed by atoms with van der Waals surface area (Å²) in [5, 5.41) is 0.